The lowest BCUT2D eigenvalue weighted by atomic mass is 9.84. The van der Waals surface area contributed by atoms with E-state index < -0.39 is 58.2 Å². The molecule has 1 saturated heterocycles. The van der Waals surface area contributed by atoms with E-state index in [1.807, 2.05) is 53.7 Å². The molecule has 4 amide bonds. The molecule has 0 radical (unpaired) electrons. The van der Waals surface area contributed by atoms with Crippen LogP contribution in [0.4, 0.5) is 0 Å². The first-order chi connectivity index (χ1) is 25.0. The van der Waals surface area contributed by atoms with Gasteiger partial charge in [-0.25, -0.2) is 0 Å². The largest absolute Gasteiger partial charge is 0.487 e. The number of ketones is 1. The van der Waals surface area contributed by atoms with Crippen LogP contribution in [0.5, 0.6) is 5.75 Å². The van der Waals surface area contributed by atoms with E-state index in [9.17, 15) is 24.0 Å². The Morgan fingerprint density at radius 2 is 1.75 bits per heavy atom. The van der Waals surface area contributed by atoms with Crippen LogP contribution in [0.1, 0.15) is 123 Å². The van der Waals surface area contributed by atoms with Gasteiger partial charge in [-0.3, -0.25) is 34.3 Å². The molecule has 1 aromatic rings. The van der Waals surface area contributed by atoms with E-state index in [0.717, 1.165) is 44.1 Å². The minimum atomic E-state index is -1.14. The van der Waals surface area contributed by atoms with Gasteiger partial charge in [-0.2, -0.15) is 0 Å². The van der Waals surface area contributed by atoms with Gasteiger partial charge in [0, 0.05) is 41.5 Å². The Labute approximate surface area is 317 Å². The number of nitrogens with zero attached hydrogens (tertiary/aromatic N) is 1. The van der Waals surface area contributed by atoms with Crippen molar-refractivity contribution in [3.63, 3.8) is 0 Å². The first-order valence-electron chi connectivity index (χ1n) is 19.4. The quantitative estimate of drug-likeness (QED) is 0.220. The molecule has 3 aliphatic heterocycles. The molecule has 2 aliphatic carbocycles. The highest BCUT2D eigenvalue weighted by Gasteiger charge is 2.54. The van der Waals surface area contributed by atoms with Crippen LogP contribution < -0.4 is 26.2 Å². The normalized spacial score (nSPS) is 24.8. The van der Waals surface area contributed by atoms with Crippen molar-refractivity contribution in [1.29, 1.82) is 0 Å². The van der Waals surface area contributed by atoms with Crippen molar-refractivity contribution in [2.75, 3.05) is 6.54 Å². The minimum Gasteiger partial charge on any atom is -0.487 e. The lowest BCUT2D eigenvalue weighted by Gasteiger charge is -2.36. The Bertz CT molecular complexity index is 1660. The van der Waals surface area contributed by atoms with Gasteiger partial charge in [0.15, 0.2) is 0 Å². The maximum Gasteiger partial charge on any atom is 0.289 e. The number of carbonyl (C=O) groups excluding carboxylic acids is 5. The Morgan fingerprint density at radius 1 is 1.04 bits per heavy atom. The second-order valence-corrected chi connectivity index (χ2v) is 18.0. The van der Waals surface area contributed by atoms with Gasteiger partial charge in [-0.15, -0.1) is 0 Å². The zero-order valence-corrected chi connectivity index (χ0v) is 32.8. The molecular weight excluding hydrogens is 698 g/mol. The maximum atomic E-state index is 14.7. The van der Waals surface area contributed by atoms with Crippen LogP contribution in [0.25, 0.3) is 5.70 Å². The highest BCUT2D eigenvalue weighted by atomic mass is 35.5. The van der Waals surface area contributed by atoms with Crippen LogP contribution in [0.3, 0.4) is 0 Å². The number of benzene rings is 1. The molecule has 0 aromatic heterocycles. The molecule has 6 rings (SSSR count). The number of likely N-dealkylation sites (tertiary alicyclic amines) is 1. The summed E-state index contributed by atoms with van der Waals surface area (Å²) >= 11 is 6.57. The van der Waals surface area contributed by atoms with Crippen molar-refractivity contribution in [3.8, 4) is 5.75 Å². The zero-order valence-electron chi connectivity index (χ0n) is 32.0. The van der Waals surface area contributed by atoms with Gasteiger partial charge in [-0.1, -0.05) is 65.0 Å². The van der Waals surface area contributed by atoms with Crippen molar-refractivity contribution in [1.82, 2.24) is 26.3 Å². The highest BCUT2D eigenvalue weighted by Crippen LogP contribution is 2.45. The number of fused-ring (bicyclic) bond motifs is 1. The third kappa shape index (κ3) is 9.02. The third-order valence-corrected chi connectivity index (χ3v) is 11.3. The topological polar surface area (TPSA) is 155 Å². The van der Waals surface area contributed by atoms with Crippen LogP contribution >= 0.6 is 11.6 Å². The SMILES string of the molecule is CCC[C@H](NC(=O)[C@@H]1C[C@]2(C=C(c3cc(Cl)cc4c3OC(C)(C)C4)NO2)CN1C(=O)[C@@H](NC(=O)CC1CCCCC1)C(C)(C)C)C(=O)C(=O)NC1CC1. The minimum absolute atomic E-state index is 0.00480. The summed E-state index contributed by atoms with van der Waals surface area (Å²) in [6.45, 7) is 11.5. The van der Waals surface area contributed by atoms with E-state index >= 15 is 0 Å². The van der Waals surface area contributed by atoms with E-state index in [2.05, 4.69) is 21.4 Å². The predicted molar refractivity (Wildman–Crippen MR) is 200 cm³/mol. The molecule has 2 saturated carbocycles. The van der Waals surface area contributed by atoms with Crippen LogP contribution in [0, 0.1) is 11.3 Å². The van der Waals surface area contributed by atoms with E-state index in [0.29, 0.717) is 41.3 Å². The molecule has 3 heterocycles. The summed E-state index contributed by atoms with van der Waals surface area (Å²) < 4.78 is 6.33. The molecular formula is C40H56ClN5O7. The summed E-state index contributed by atoms with van der Waals surface area (Å²) in [5.74, 6) is -1.63. The van der Waals surface area contributed by atoms with Gasteiger partial charge in [0.1, 0.15) is 29.0 Å². The molecule has 5 aliphatic rings. The smallest absolute Gasteiger partial charge is 0.289 e. The molecule has 12 nitrogen and oxygen atoms in total. The van der Waals surface area contributed by atoms with E-state index in [1.54, 1.807) is 6.07 Å². The van der Waals surface area contributed by atoms with Crippen LogP contribution in [-0.2, 0) is 35.2 Å². The molecule has 1 spiro atoms. The molecule has 1 aromatic carbocycles. The first-order valence-corrected chi connectivity index (χ1v) is 19.8. The molecule has 53 heavy (non-hydrogen) atoms. The van der Waals surface area contributed by atoms with Crippen molar-refractivity contribution >= 4 is 46.7 Å². The van der Waals surface area contributed by atoms with Crippen LogP contribution in [-0.4, -0.2) is 76.2 Å². The molecule has 4 atom stereocenters. The highest BCUT2D eigenvalue weighted by molar-refractivity contribution is 6.38. The Hall–Kier alpha value is -3.64. The fourth-order valence-corrected chi connectivity index (χ4v) is 8.43. The van der Waals surface area contributed by atoms with E-state index in [-0.39, 0.29) is 37.3 Å². The fraction of sp³-hybridized carbons (Fsp3) is 0.675. The number of hydrogen-bond acceptors (Lipinski definition) is 8. The van der Waals surface area contributed by atoms with E-state index in [4.69, 9.17) is 21.2 Å². The standard InChI is InChI=1S/C40H56ClN5O7/c1-7-11-28(32(48)36(50)42-26-14-15-26)43-35(49)30-21-40(20-29(45-53-40)27-18-25(41)17-24-19-39(5,6)52-33(24)27)22-46(30)37(51)34(38(2,3)4)44-31(47)16-23-12-9-8-10-13-23/h17-18,20,23,26,28,30,34,45H,7-16,19,21-22H2,1-6H3,(H,42,50)(H,43,49)(H,44,47)/t28-,30-,34+,40+/m0/s1. The Kier molecular flexibility index (Phi) is 11.2. The molecule has 4 N–H and O–H groups in total. The Morgan fingerprint density at radius 3 is 2.42 bits per heavy atom. The molecule has 290 valence electrons. The number of nitrogens with one attached hydrogen (secondary N) is 4. The number of halogens is 1. The van der Waals surface area contributed by atoms with Gasteiger partial charge in [-0.05, 0) is 75.5 Å². The first kappa shape index (κ1) is 39.1. The maximum absolute atomic E-state index is 14.7. The average molecular weight is 754 g/mol. The monoisotopic (exact) mass is 753 g/mol. The molecule has 0 bridgehead atoms. The zero-order chi connectivity index (χ0) is 38.3. The average Bonchev–Trinajstić information content (AvgIpc) is 3.54. The molecule has 0 unspecified atom stereocenters. The van der Waals surface area contributed by atoms with Gasteiger partial charge in [0.05, 0.1) is 18.3 Å². The molecule has 13 heteroatoms. The number of hydroxylamine groups is 1. The summed E-state index contributed by atoms with van der Waals surface area (Å²) in [5, 5.41) is 9.14. The number of Topliss-reactive ketones (excluding diaryl/α,β-unsaturated/α-hetero) is 1. The number of amides is 4. The summed E-state index contributed by atoms with van der Waals surface area (Å²) in [4.78, 5) is 76.3. The third-order valence-electron chi connectivity index (χ3n) is 11.1. The van der Waals surface area contributed by atoms with Crippen LogP contribution in [0.2, 0.25) is 5.02 Å². The number of hydrogen-bond donors (Lipinski definition) is 4. The van der Waals surface area contributed by atoms with Crippen molar-refractivity contribution in [2.24, 2.45) is 11.3 Å². The molecule has 3 fully saturated rings. The van der Waals surface area contributed by atoms with E-state index in [1.165, 1.54) is 11.3 Å². The fourth-order valence-electron chi connectivity index (χ4n) is 8.18. The van der Waals surface area contributed by atoms with Crippen molar-refractivity contribution in [3.05, 3.63) is 34.4 Å². The summed E-state index contributed by atoms with van der Waals surface area (Å²) in [6, 6.07) is 0.615. The number of ether oxygens (including phenoxy) is 1. The number of rotatable bonds is 12. The summed E-state index contributed by atoms with van der Waals surface area (Å²) in [7, 11) is 0. The summed E-state index contributed by atoms with van der Waals surface area (Å²) in [5.41, 5.74) is 3.05. The second kappa shape index (κ2) is 15.2. The van der Waals surface area contributed by atoms with Gasteiger partial charge in [0.25, 0.3) is 5.91 Å². The summed E-state index contributed by atoms with van der Waals surface area (Å²) in [6.07, 6.45) is 10.8. The Balaban J connectivity index is 1.29. The van der Waals surface area contributed by atoms with Crippen LogP contribution in [0.15, 0.2) is 18.2 Å². The lowest BCUT2D eigenvalue weighted by Crippen LogP contribution is -2.59. The second-order valence-electron chi connectivity index (χ2n) is 17.5. The van der Waals surface area contributed by atoms with Crippen molar-refractivity contribution < 1.29 is 33.5 Å². The van der Waals surface area contributed by atoms with Gasteiger partial charge in [0.2, 0.25) is 23.5 Å². The lowest BCUT2D eigenvalue weighted by molar-refractivity contribution is -0.145. The van der Waals surface area contributed by atoms with Gasteiger partial charge >= 0.3 is 0 Å². The number of carbonyl (C=O) groups is 5. The van der Waals surface area contributed by atoms with Crippen molar-refractivity contribution in [2.45, 2.75) is 154 Å². The predicted octanol–water partition coefficient (Wildman–Crippen LogP) is 4.90. The van der Waals surface area contributed by atoms with Gasteiger partial charge < -0.3 is 25.6 Å².